The predicted octanol–water partition coefficient (Wildman–Crippen LogP) is 2.58. The summed E-state index contributed by atoms with van der Waals surface area (Å²) in [6.45, 7) is 0.714. The standard InChI is InChI=1S/C33H31F3N10O6/c34-33(35,36)32-43-42-24-11-13-26(44-46(24)32)52-19-7-5-18(6-8-19)40-28(48)17-4-10-23(39-16-17)38-15-14-37-21-3-1-2-20-27(21)31(51)45(30(20)50)22-9-12-25(47)41-29(22)49/h1-4,10-11,13,16,18-19,22,37H,5-9,12,14-15H2,(H,38,39)(H,40,48)(H,41,47,49). The average molecular weight is 721 g/mol. The average Bonchev–Trinajstić information content (AvgIpc) is 3.66. The highest BCUT2D eigenvalue weighted by atomic mass is 19.4. The number of nitrogens with one attached hydrogen (secondary N) is 4. The van der Waals surface area contributed by atoms with Gasteiger partial charge in [0.2, 0.25) is 17.7 Å². The number of benzene rings is 1. The molecule has 7 rings (SSSR count). The minimum atomic E-state index is -4.71. The topological polar surface area (TPSA) is 202 Å². The number of nitrogens with zero attached hydrogens (tertiary/aromatic N) is 6. The minimum absolute atomic E-state index is 0.0226. The van der Waals surface area contributed by atoms with Gasteiger partial charge in [-0.3, -0.25) is 34.2 Å². The highest BCUT2D eigenvalue weighted by Crippen LogP contribution is 2.33. The van der Waals surface area contributed by atoms with Crippen molar-refractivity contribution in [2.24, 2.45) is 0 Å². The van der Waals surface area contributed by atoms with Crippen molar-refractivity contribution in [3.63, 3.8) is 0 Å². The van der Waals surface area contributed by atoms with Crippen LogP contribution in [0.1, 0.15) is 75.4 Å². The van der Waals surface area contributed by atoms with E-state index < -0.39 is 41.7 Å². The number of anilines is 2. The summed E-state index contributed by atoms with van der Waals surface area (Å²) in [4.78, 5) is 68.4. The first-order chi connectivity index (χ1) is 25.0. The Labute approximate surface area is 292 Å². The first kappa shape index (κ1) is 34.3. The molecule has 1 aliphatic carbocycles. The van der Waals surface area contributed by atoms with E-state index in [0.717, 1.165) is 4.90 Å². The lowest BCUT2D eigenvalue weighted by atomic mass is 9.92. The molecular formula is C33H31F3N10O6. The molecule has 52 heavy (non-hydrogen) atoms. The zero-order valence-electron chi connectivity index (χ0n) is 27.3. The Kier molecular flexibility index (Phi) is 9.16. The van der Waals surface area contributed by atoms with Gasteiger partial charge < -0.3 is 20.7 Å². The summed E-state index contributed by atoms with van der Waals surface area (Å²) in [5.41, 5.74) is 1.08. The molecule has 0 radical (unpaired) electrons. The van der Waals surface area contributed by atoms with Gasteiger partial charge in [0, 0.05) is 43.5 Å². The summed E-state index contributed by atoms with van der Waals surface area (Å²) >= 11 is 0. The molecule has 1 aromatic carbocycles. The van der Waals surface area contributed by atoms with E-state index in [1.54, 1.807) is 24.3 Å². The van der Waals surface area contributed by atoms with Crippen LogP contribution in [0.4, 0.5) is 24.7 Å². The Hall–Kier alpha value is -6.14. The fourth-order valence-electron chi connectivity index (χ4n) is 6.46. The summed E-state index contributed by atoms with van der Waals surface area (Å²) in [6, 6.07) is 9.72. The first-order valence-electron chi connectivity index (χ1n) is 16.5. The molecular weight excluding hydrogens is 689 g/mol. The lowest BCUT2D eigenvalue weighted by Crippen LogP contribution is -2.54. The van der Waals surface area contributed by atoms with Gasteiger partial charge in [-0.05, 0) is 62.4 Å². The molecule has 2 aliphatic heterocycles. The van der Waals surface area contributed by atoms with Crippen molar-refractivity contribution in [2.45, 2.75) is 62.9 Å². The van der Waals surface area contributed by atoms with E-state index in [9.17, 15) is 37.1 Å². The summed E-state index contributed by atoms with van der Waals surface area (Å²) in [5.74, 6) is -3.32. The third-order valence-corrected chi connectivity index (χ3v) is 9.03. The van der Waals surface area contributed by atoms with Crippen LogP contribution in [0.2, 0.25) is 0 Å². The second kappa shape index (κ2) is 13.9. The normalized spacial score (nSPS) is 20.4. The van der Waals surface area contributed by atoms with Gasteiger partial charge in [0.05, 0.1) is 16.7 Å². The monoisotopic (exact) mass is 720 g/mol. The van der Waals surface area contributed by atoms with Crippen molar-refractivity contribution >= 4 is 46.7 Å². The lowest BCUT2D eigenvalue weighted by molar-refractivity contribution is -0.146. The number of amides is 5. The molecule has 1 atom stereocenters. The fourth-order valence-corrected chi connectivity index (χ4v) is 6.46. The second-order valence-corrected chi connectivity index (χ2v) is 12.5. The molecule has 270 valence electrons. The number of ether oxygens (including phenoxy) is 1. The van der Waals surface area contributed by atoms with Crippen LogP contribution in [0.3, 0.4) is 0 Å². The van der Waals surface area contributed by atoms with Gasteiger partial charge in [-0.2, -0.15) is 17.7 Å². The molecule has 3 aliphatic rings. The van der Waals surface area contributed by atoms with E-state index in [2.05, 4.69) is 41.5 Å². The number of hydrogen-bond acceptors (Lipinski definition) is 12. The van der Waals surface area contributed by atoms with Gasteiger partial charge in [-0.25, -0.2) is 4.98 Å². The summed E-state index contributed by atoms with van der Waals surface area (Å²) in [5, 5.41) is 22.0. The Balaban J connectivity index is 0.860. The molecule has 2 fully saturated rings. The van der Waals surface area contributed by atoms with Crippen LogP contribution in [-0.2, 0) is 15.8 Å². The van der Waals surface area contributed by atoms with Gasteiger partial charge in [-0.1, -0.05) is 6.07 Å². The molecule has 1 unspecified atom stereocenters. The maximum atomic E-state index is 13.3. The third kappa shape index (κ3) is 6.93. The Bertz CT molecular complexity index is 2060. The van der Waals surface area contributed by atoms with Gasteiger partial charge in [-0.15, -0.1) is 15.3 Å². The number of halogens is 3. The van der Waals surface area contributed by atoms with E-state index in [4.69, 9.17) is 4.74 Å². The molecule has 0 bridgehead atoms. The molecule has 4 aromatic rings. The number of carbonyl (C=O) groups excluding carboxylic acids is 5. The van der Waals surface area contributed by atoms with Crippen LogP contribution < -0.4 is 26.0 Å². The van der Waals surface area contributed by atoms with E-state index in [0.29, 0.717) is 60.4 Å². The molecule has 5 heterocycles. The first-order valence-corrected chi connectivity index (χ1v) is 16.5. The highest BCUT2D eigenvalue weighted by molar-refractivity contribution is 6.25. The van der Waals surface area contributed by atoms with E-state index in [1.807, 2.05) is 0 Å². The predicted molar refractivity (Wildman–Crippen MR) is 174 cm³/mol. The van der Waals surface area contributed by atoms with Gasteiger partial charge in [0.1, 0.15) is 18.0 Å². The molecule has 16 nitrogen and oxygen atoms in total. The van der Waals surface area contributed by atoms with Gasteiger partial charge in [0.25, 0.3) is 23.5 Å². The van der Waals surface area contributed by atoms with Crippen LogP contribution in [0.25, 0.3) is 5.65 Å². The van der Waals surface area contributed by atoms with Gasteiger partial charge >= 0.3 is 6.18 Å². The van der Waals surface area contributed by atoms with Crippen molar-refractivity contribution in [1.29, 1.82) is 0 Å². The number of piperidine rings is 1. The number of alkyl halides is 3. The number of imide groups is 2. The van der Waals surface area contributed by atoms with E-state index >= 15 is 0 Å². The van der Waals surface area contributed by atoms with Crippen LogP contribution in [0.15, 0.2) is 48.7 Å². The molecule has 1 saturated heterocycles. The molecule has 1 saturated carbocycles. The minimum Gasteiger partial charge on any atom is -0.473 e. The summed E-state index contributed by atoms with van der Waals surface area (Å²) < 4.78 is 46.0. The number of hydrogen-bond donors (Lipinski definition) is 4. The quantitative estimate of drug-likeness (QED) is 0.138. The molecule has 3 aromatic heterocycles. The van der Waals surface area contributed by atoms with Crippen LogP contribution in [0.5, 0.6) is 5.88 Å². The number of rotatable bonds is 10. The van der Waals surface area contributed by atoms with E-state index in [1.165, 1.54) is 24.4 Å². The fraction of sp³-hybridized carbons (Fsp3) is 0.364. The number of pyridine rings is 1. The molecule has 5 amide bonds. The Morgan fingerprint density at radius 3 is 2.44 bits per heavy atom. The second-order valence-electron chi connectivity index (χ2n) is 12.5. The maximum Gasteiger partial charge on any atom is 0.453 e. The van der Waals surface area contributed by atoms with Gasteiger partial charge in [0.15, 0.2) is 5.65 Å². The van der Waals surface area contributed by atoms with Crippen LogP contribution in [0, 0.1) is 0 Å². The van der Waals surface area contributed by atoms with Crippen LogP contribution >= 0.6 is 0 Å². The van der Waals surface area contributed by atoms with Crippen molar-refractivity contribution in [2.75, 3.05) is 23.7 Å². The summed E-state index contributed by atoms with van der Waals surface area (Å²) in [6.07, 6.45) is -1.15. The zero-order valence-corrected chi connectivity index (χ0v) is 27.3. The van der Waals surface area contributed by atoms with Crippen molar-refractivity contribution in [3.05, 3.63) is 71.2 Å². The SMILES string of the molecule is O=C1CCC(N2C(=O)c3cccc(NCCNc4ccc(C(=O)NC5CCC(Oc6ccc7nnc(C(F)(F)F)n7n6)CC5)cn4)c3C2=O)C(=O)N1. The smallest absolute Gasteiger partial charge is 0.453 e. The Morgan fingerprint density at radius 2 is 1.71 bits per heavy atom. The molecule has 19 heteroatoms. The molecule has 0 spiro atoms. The van der Waals surface area contributed by atoms with Crippen molar-refractivity contribution in [1.82, 2.24) is 40.3 Å². The molecule has 4 N–H and O–H groups in total. The van der Waals surface area contributed by atoms with E-state index in [-0.39, 0.29) is 53.5 Å². The Morgan fingerprint density at radius 1 is 0.923 bits per heavy atom. The number of aromatic nitrogens is 5. The maximum absolute atomic E-state index is 13.3. The highest BCUT2D eigenvalue weighted by Gasteiger charge is 2.45. The number of carbonyl (C=O) groups is 5. The zero-order chi connectivity index (χ0) is 36.6. The summed E-state index contributed by atoms with van der Waals surface area (Å²) in [7, 11) is 0. The third-order valence-electron chi connectivity index (χ3n) is 9.03. The largest absolute Gasteiger partial charge is 0.473 e. The van der Waals surface area contributed by atoms with Crippen molar-refractivity contribution < 1.29 is 41.9 Å². The number of fused-ring (bicyclic) bond motifs is 2. The van der Waals surface area contributed by atoms with Crippen LogP contribution in [-0.4, -0.2) is 90.5 Å². The lowest BCUT2D eigenvalue weighted by Gasteiger charge is -2.29. The van der Waals surface area contributed by atoms with Crippen molar-refractivity contribution in [3.8, 4) is 5.88 Å².